The zero-order valence-corrected chi connectivity index (χ0v) is 16.3. The average molecular weight is 406 g/mol. The number of carbonyl (C=O) groups excluding carboxylic acids is 1. The first-order chi connectivity index (χ1) is 13.8. The number of anilines is 1. The quantitative estimate of drug-likeness (QED) is 0.801. The highest BCUT2D eigenvalue weighted by atomic mass is 19.4. The standard InChI is InChI=1S/C21H25F3N4O/c1-16(17-5-3-2-4-6-17)13-26-20(29)15-27-9-11-28(12-10-27)19-8-7-18(14-25-19)21(22,23)24/h2-8,14,16H,9-13,15H2,1H3,(H,26,29)/t16-/m0/s1. The van der Waals surface area contributed by atoms with Crippen LogP contribution in [0.1, 0.15) is 24.0 Å². The normalized spacial score (nSPS) is 16.5. The molecule has 1 aromatic carbocycles. The molecule has 1 saturated heterocycles. The van der Waals surface area contributed by atoms with E-state index in [1.165, 1.54) is 11.6 Å². The van der Waals surface area contributed by atoms with Crippen LogP contribution in [0.5, 0.6) is 0 Å². The molecular weight excluding hydrogens is 381 g/mol. The van der Waals surface area contributed by atoms with Gasteiger partial charge in [-0.1, -0.05) is 37.3 Å². The van der Waals surface area contributed by atoms with Crippen LogP contribution in [-0.4, -0.2) is 55.1 Å². The number of carbonyl (C=O) groups is 1. The lowest BCUT2D eigenvalue weighted by Crippen LogP contribution is -2.50. The van der Waals surface area contributed by atoms with Crippen LogP contribution in [0.25, 0.3) is 0 Å². The molecule has 1 aliphatic heterocycles. The Morgan fingerprint density at radius 3 is 2.38 bits per heavy atom. The highest BCUT2D eigenvalue weighted by molar-refractivity contribution is 5.78. The van der Waals surface area contributed by atoms with Gasteiger partial charge in [-0.25, -0.2) is 4.98 Å². The number of nitrogens with zero attached hydrogens (tertiary/aromatic N) is 3. The molecule has 156 valence electrons. The van der Waals surface area contributed by atoms with E-state index in [1.807, 2.05) is 40.1 Å². The molecule has 3 rings (SSSR count). The number of amides is 1. The van der Waals surface area contributed by atoms with Crippen molar-refractivity contribution in [2.24, 2.45) is 0 Å². The third kappa shape index (κ3) is 5.93. The van der Waals surface area contributed by atoms with Gasteiger partial charge >= 0.3 is 6.18 Å². The fraction of sp³-hybridized carbons (Fsp3) is 0.429. The van der Waals surface area contributed by atoms with Gasteiger partial charge in [0.2, 0.25) is 5.91 Å². The molecule has 2 heterocycles. The number of piperazine rings is 1. The van der Waals surface area contributed by atoms with Gasteiger partial charge in [0, 0.05) is 38.9 Å². The molecule has 1 amide bonds. The number of hydrogen-bond acceptors (Lipinski definition) is 4. The zero-order chi connectivity index (χ0) is 20.9. The summed E-state index contributed by atoms with van der Waals surface area (Å²) < 4.78 is 37.9. The SMILES string of the molecule is C[C@@H](CNC(=O)CN1CCN(c2ccc(C(F)(F)F)cn2)CC1)c1ccccc1. The molecule has 1 aromatic heterocycles. The Morgan fingerprint density at radius 2 is 1.79 bits per heavy atom. The van der Waals surface area contributed by atoms with Crippen molar-refractivity contribution in [3.05, 3.63) is 59.8 Å². The Hall–Kier alpha value is -2.61. The highest BCUT2D eigenvalue weighted by Gasteiger charge is 2.31. The van der Waals surface area contributed by atoms with Crippen molar-refractivity contribution in [2.75, 3.05) is 44.2 Å². The van der Waals surface area contributed by atoms with Crippen LogP contribution >= 0.6 is 0 Å². The van der Waals surface area contributed by atoms with Gasteiger partial charge in [-0.2, -0.15) is 13.2 Å². The van der Waals surface area contributed by atoms with Gasteiger partial charge in [-0.15, -0.1) is 0 Å². The minimum absolute atomic E-state index is 0.0195. The Labute approximate surface area is 168 Å². The lowest BCUT2D eigenvalue weighted by atomic mass is 10.0. The van der Waals surface area contributed by atoms with Crippen molar-refractivity contribution in [3.8, 4) is 0 Å². The first-order valence-electron chi connectivity index (χ1n) is 9.65. The molecule has 0 bridgehead atoms. The number of hydrogen-bond donors (Lipinski definition) is 1. The van der Waals surface area contributed by atoms with Crippen LogP contribution in [0.3, 0.4) is 0 Å². The van der Waals surface area contributed by atoms with Crippen LogP contribution in [0.4, 0.5) is 19.0 Å². The summed E-state index contributed by atoms with van der Waals surface area (Å²) in [5.41, 5.74) is 0.437. The molecule has 0 spiro atoms. The molecule has 1 aliphatic rings. The Kier molecular flexibility index (Phi) is 6.74. The maximum Gasteiger partial charge on any atom is 0.417 e. The first kappa shape index (κ1) is 21.1. The van der Waals surface area contributed by atoms with Gasteiger partial charge in [0.1, 0.15) is 5.82 Å². The van der Waals surface area contributed by atoms with Crippen molar-refractivity contribution in [2.45, 2.75) is 19.0 Å². The van der Waals surface area contributed by atoms with E-state index < -0.39 is 11.7 Å². The molecule has 0 aliphatic carbocycles. The number of halogens is 3. The molecule has 0 radical (unpaired) electrons. The minimum atomic E-state index is -4.38. The molecular formula is C21H25F3N4O. The largest absolute Gasteiger partial charge is 0.417 e. The van der Waals surface area contributed by atoms with Crippen molar-refractivity contribution in [1.82, 2.24) is 15.2 Å². The molecule has 1 N–H and O–H groups in total. The number of nitrogens with one attached hydrogen (secondary N) is 1. The molecule has 1 atom stereocenters. The second-order valence-corrected chi connectivity index (χ2v) is 7.28. The maximum atomic E-state index is 12.6. The molecule has 1 fully saturated rings. The van der Waals surface area contributed by atoms with Crippen LogP contribution < -0.4 is 10.2 Å². The van der Waals surface area contributed by atoms with Crippen LogP contribution in [-0.2, 0) is 11.0 Å². The second kappa shape index (κ2) is 9.26. The van der Waals surface area contributed by atoms with E-state index in [1.54, 1.807) is 0 Å². The number of benzene rings is 1. The van der Waals surface area contributed by atoms with E-state index in [0.29, 0.717) is 45.1 Å². The van der Waals surface area contributed by atoms with Crippen molar-refractivity contribution >= 4 is 11.7 Å². The van der Waals surface area contributed by atoms with Crippen LogP contribution in [0.2, 0.25) is 0 Å². The predicted molar refractivity (Wildman–Crippen MR) is 106 cm³/mol. The first-order valence-corrected chi connectivity index (χ1v) is 9.65. The molecule has 2 aromatic rings. The fourth-order valence-corrected chi connectivity index (χ4v) is 3.30. The smallest absolute Gasteiger partial charge is 0.354 e. The van der Waals surface area contributed by atoms with Gasteiger partial charge in [0.25, 0.3) is 0 Å². The molecule has 0 unspecified atom stereocenters. The summed E-state index contributed by atoms with van der Waals surface area (Å²) in [7, 11) is 0. The van der Waals surface area contributed by atoms with Gasteiger partial charge in [-0.05, 0) is 23.6 Å². The summed E-state index contributed by atoms with van der Waals surface area (Å²) in [6, 6.07) is 12.5. The van der Waals surface area contributed by atoms with Gasteiger partial charge in [0.05, 0.1) is 12.1 Å². The number of rotatable bonds is 6. The van der Waals surface area contributed by atoms with Crippen molar-refractivity contribution in [3.63, 3.8) is 0 Å². The Balaban J connectivity index is 1.42. The highest BCUT2D eigenvalue weighted by Crippen LogP contribution is 2.29. The summed E-state index contributed by atoms with van der Waals surface area (Å²) in [6.07, 6.45) is -3.52. The van der Waals surface area contributed by atoms with Crippen LogP contribution in [0.15, 0.2) is 48.7 Å². The third-order valence-electron chi connectivity index (χ3n) is 5.11. The van der Waals surface area contributed by atoms with Crippen molar-refractivity contribution in [1.29, 1.82) is 0 Å². The Bertz CT molecular complexity index is 788. The fourth-order valence-electron chi connectivity index (χ4n) is 3.30. The molecule has 5 nitrogen and oxygen atoms in total. The molecule has 29 heavy (non-hydrogen) atoms. The summed E-state index contributed by atoms with van der Waals surface area (Å²) in [5, 5.41) is 2.98. The van der Waals surface area contributed by atoms with Crippen molar-refractivity contribution < 1.29 is 18.0 Å². The number of alkyl halides is 3. The molecule has 8 heteroatoms. The average Bonchev–Trinajstić information content (AvgIpc) is 2.73. The zero-order valence-electron chi connectivity index (χ0n) is 16.3. The monoisotopic (exact) mass is 406 g/mol. The minimum Gasteiger partial charge on any atom is -0.354 e. The van der Waals surface area contributed by atoms with E-state index in [-0.39, 0.29) is 11.8 Å². The number of pyridine rings is 1. The van der Waals surface area contributed by atoms with E-state index >= 15 is 0 Å². The van der Waals surface area contributed by atoms with Crippen LogP contribution in [0, 0.1) is 0 Å². The van der Waals surface area contributed by atoms with E-state index in [2.05, 4.69) is 17.2 Å². The summed E-state index contributed by atoms with van der Waals surface area (Å²) in [4.78, 5) is 20.2. The van der Waals surface area contributed by atoms with E-state index in [9.17, 15) is 18.0 Å². The lowest BCUT2D eigenvalue weighted by molar-refractivity contribution is -0.137. The van der Waals surface area contributed by atoms with E-state index in [0.717, 1.165) is 12.3 Å². The molecule has 0 saturated carbocycles. The third-order valence-corrected chi connectivity index (χ3v) is 5.11. The summed E-state index contributed by atoms with van der Waals surface area (Å²) in [5.74, 6) is 0.746. The van der Waals surface area contributed by atoms with Gasteiger partial charge in [0.15, 0.2) is 0 Å². The maximum absolute atomic E-state index is 12.6. The van der Waals surface area contributed by atoms with Gasteiger partial charge in [-0.3, -0.25) is 9.69 Å². The Morgan fingerprint density at radius 1 is 1.10 bits per heavy atom. The summed E-state index contributed by atoms with van der Waals surface area (Å²) >= 11 is 0. The second-order valence-electron chi connectivity index (χ2n) is 7.28. The lowest BCUT2D eigenvalue weighted by Gasteiger charge is -2.35. The topological polar surface area (TPSA) is 48.5 Å². The number of aromatic nitrogens is 1. The van der Waals surface area contributed by atoms with E-state index in [4.69, 9.17) is 0 Å². The van der Waals surface area contributed by atoms with Gasteiger partial charge < -0.3 is 10.2 Å². The predicted octanol–water partition coefficient (Wildman–Crippen LogP) is 3.14. The summed E-state index contributed by atoms with van der Waals surface area (Å²) in [6.45, 7) is 5.52.